The van der Waals surface area contributed by atoms with Crippen LogP contribution < -0.4 is 16.2 Å². The summed E-state index contributed by atoms with van der Waals surface area (Å²) in [6.45, 7) is 5.44. The highest BCUT2D eigenvalue weighted by atomic mass is 35.5. The number of aryl methyl sites for hydroxylation is 1. The summed E-state index contributed by atoms with van der Waals surface area (Å²) in [5.41, 5.74) is 5.27. The van der Waals surface area contributed by atoms with E-state index in [1.807, 2.05) is 0 Å². The van der Waals surface area contributed by atoms with Gasteiger partial charge >= 0.3 is 0 Å². The summed E-state index contributed by atoms with van der Waals surface area (Å²) in [6, 6.07) is 8.05. The average molecular weight is 448 g/mol. The molecule has 0 radical (unpaired) electrons. The lowest BCUT2D eigenvalue weighted by Crippen LogP contribution is -2.38. The van der Waals surface area contributed by atoms with Crippen molar-refractivity contribution in [2.24, 2.45) is 0 Å². The molecule has 2 rings (SSSR count). The van der Waals surface area contributed by atoms with E-state index in [-0.39, 0.29) is 17.7 Å². The normalized spacial score (nSPS) is 10.1. The molecule has 3 N–H and O–H groups in total. The highest BCUT2D eigenvalue weighted by molar-refractivity contribution is 6.31. The van der Waals surface area contributed by atoms with Gasteiger partial charge in [0.25, 0.3) is 11.4 Å². The molecular weight excluding hydrogens is 430 g/mol. The summed E-state index contributed by atoms with van der Waals surface area (Å²) in [5, 5.41) is 25.0. The van der Waals surface area contributed by atoms with E-state index in [2.05, 4.69) is 22.7 Å². The lowest BCUT2D eigenvalue weighted by atomic mass is 10.1. The minimum Gasteiger partial charge on any atom is -0.325 e. The van der Waals surface area contributed by atoms with Gasteiger partial charge in [-0.25, -0.2) is 0 Å². The van der Waals surface area contributed by atoms with E-state index < -0.39 is 39.5 Å². The van der Waals surface area contributed by atoms with Crippen molar-refractivity contribution < 1.29 is 19.4 Å². The summed E-state index contributed by atoms with van der Waals surface area (Å²) in [7, 11) is 0. The summed E-state index contributed by atoms with van der Waals surface area (Å²) < 4.78 is 0. The smallest absolute Gasteiger partial charge is 0.279 e. The highest BCUT2D eigenvalue weighted by Gasteiger charge is 2.21. The molecule has 31 heavy (non-hydrogen) atoms. The highest BCUT2D eigenvalue weighted by Crippen LogP contribution is 2.25. The molecule has 2 aromatic rings. The van der Waals surface area contributed by atoms with Crippen LogP contribution in [-0.4, -0.2) is 21.7 Å². The first-order valence-electron chi connectivity index (χ1n) is 8.77. The summed E-state index contributed by atoms with van der Waals surface area (Å²) >= 11 is 5.91. The molecule has 2 aromatic carbocycles. The summed E-state index contributed by atoms with van der Waals surface area (Å²) in [5.74, 6) is -1.06. The Kier molecular flexibility index (Phi) is 7.64. The molecule has 12 heteroatoms. The van der Waals surface area contributed by atoms with E-state index in [1.165, 1.54) is 0 Å². The molecule has 0 aromatic heterocycles. The third kappa shape index (κ3) is 6.78. The van der Waals surface area contributed by atoms with Gasteiger partial charge < -0.3 is 10.7 Å². The predicted molar refractivity (Wildman–Crippen MR) is 113 cm³/mol. The molecule has 0 saturated heterocycles. The lowest BCUT2D eigenvalue weighted by molar-refractivity contribution is -0.394. The zero-order valence-electron chi connectivity index (χ0n) is 16.3. The zero-order valence-corrected chi connectivity index (χ0v) is 17.1. The predicted octanol–water partition coefficient (Wildman–Crippen LogP) is 3.17. The van der Waals surface area contributed by atoms with Crippen LogP contribution in [0, 0.1) is 27.2 Å². The van der Waals surface area contributed by atoms with Crippen LogP contribution >= 0.6 is 11.6 Å². The van der Waals surface area contributed by atoms with Crippen molar-refractivity contribution in [1.29, 1.82) is 0 Å². The van der Waals surface area contributed by atoms with Crippen LogP contribution in [0.3, 0.4) is 0 Å². The van der Waals surface area contributed by atoms with Crippen LogP contribution in [0.2, 0.25) is 5.02 Å². The van der Waals surface area contributed by atoms with Crippen LogP contribution in [0.1, 0.15) is 17.5 Å². The average Bonchev–Trinajstić information content (AvgIpc) is 2.69. The number of non-ortho nitro benzene ring substituents is 1. The molecule has 11 nitrogen and oxygen atoms in total. The van der Waals surface area contributed by atoms with Gasteiger partial charge in [0, 0.05) is 28.0 Å². The number of hydrazine groups is 1. The Morgan fingerprint density at radius 1 is 1.03 bits per heavy atom. The van der Waals surface area contributed by atoms with Crippen LogP contribution in [0.4, 0.5) is 17.1 Å². The molecule has 0 aliphatic rings. The second-order valence-electron chi connectivity index (χ2n) is 6.46. The molecule has 0 saturated carbocycles. The number of rotatable bonds is 9. The molecule has 162 valence electrons. The van der Waals surface area contributed by atoms with Gasteiger partial charge in [0.2, 0.25) is 11.8 Å². The van der Waals surface area contributed by atoms with Gasteiger partial charge in [0.05, 0.1) is 28.8 Å². The minimum atomic E-state index is -0.801. The minimum absolute atomic E-state index is 0.00492. The number of benzene rings is 2. The van der Waals surface area contributed by atoms with Crippen molar-refractivity contribution in [3.63, 3.8) is 0 Å². The van der Waals surface area contributed by atoms with Crippen molar-refractivity contribution in [2.45, 2.75) is 19.8 Å². The number of carbonyl (C=O) groups excluding carboxylic acids is 2. The van der Waals surface area contributed by atoms with Crippen molar-refractivity contribution in [2.75, 3.05) is 5.32 Å². The van der Waals surface area contributed by atoms with Gasteiger partial charge in [-0.1, -0.05) is 24.2 Å². The van der Waals surface area contributed by atoms with Gasteiger partial charge in [-0.2, -0.15) is 0 Å². The Morgan fingerprint density at radius 2 is 1.74 bits per heavy atom. The maximum absolute atomic E-state index is 12.1. The third-order valence-electron chi connectivity index (χ3n) is 4.05. The van der Waals surface area contributed by atoms with Gasteiger partial charge in [0.1, 0.15) is 0 Å². The number of nitro groups is 2. The number of amides is 2. The topological polar surface area (TPSA) is 157 Å². The number of halogens is 1. The second-order valence-corrected chi connectivity index (χ2v) is 6.90. The SMILES string of the molecule is C=C(CC(=O)Nc1cc(Cl)ccc1C)NNC(=O)Cc1ccc([N+](=O)[O-])cc1[N+](=O)[O-]. The number of hydrogen-bond donors (Lipinski definition) is 3. The van der Waals surface area contributed by atoms with Crippen LogP contribution in [-0.2, 0) is 16.0 Å². The summed E-state index contributed by atoms with van der Waals surface area (Å²) in [4.78, 5) is 44.5. The molecule has 0 heterocycles. The first-order chi connectivity index (χ1) is 14.6. The van der Waals surface area contributed by atoms with Gasteiger partial charge in [-0.05, 0) is 30.7 Å². The fourth-order valence-corrected chi connectivity index (χ4v) is 2.69. The molecule has 0 spiro atoms. The molecule has 0 aliphatic carbocycles. The van der Waals surface area contributed by atoms with Crippen molar-refractivity contribution in [3.05, 3.63) is 85.1 Å². The molecule has 0 unspecified atom stereocenters. The Hall–Kier alpha value is -3.99. The fraction of sp³-hybridized carbons (Fsp3) is 0.158. The van der Waals surface area contributed by atoms with Crippen LogP contribution in [0.5, 0.6) is 0 Å². The lowest BCUT2D eigenvalue weighted by Gasteiger charge is -2.12. The quantitative estimate of drug-likeness (QED) is 0.393. The van der Waals surface area contributed by atoms with Crippen LogP contribution in [0.25, 0.3) is 0 Å². The maximum Gasteiger partial charge on any atom is 0.279 e. The van der Waals surface area contributed by atoms with E-state index >= 15 is 0 Å². The molecule has 0 atom stereocenters. The number of hydrogen-bond acceptors (Lipinski definition) is 7. The van der Waals surface area contributed by atoms with E-state index in [0.717, 1.165) is 23.8 Å². The van der Waals surface area contributed by atoms with Crippen molar-refractivity contribution >= 4 is 40.5 Å². The molecule has 2 amide bonds. The van der Waals surface area contributed by atoms with E-state index in [1.54, 1.807) is 25.1 Å². The largest absolute Gasteiger partial charge is 0.325 e. The van der Waals surface area contributed by atoms with Gasteiger partial charge in [-0.3, -0.25) is 35.2 Å². The maximum atomic E-state index is 12.1. The standard InChI is InChI=1S/C19H18ClN5O6/c1-11-3-5-14(20)9-16(11)21-18(26)7-12(2)22-23-19(27)8-13-4-6-15(24(28)29)10-17(13)25(30)31/h3-6,9-10,22H,2,7-8H2,1H3,(H,21,26)(H,23,27). The van der Waals surface area contributed by atoms with E-state index in [9.17, 15) is 29.8 Å². The van der Waals surface area contributed by atoms with E-state index in [4.69, 9.17) is 11.6 Å². The Morgan fingerprint density at radius 3 is 2.39 bits per heavy atom. The summed E-state index contributed by atoms with van der Waals surface area (Å²) in [6.07, 6.45) is -0.577. The Labute approximate surface area is 181 Å². The Bertz CT molecular complexity index is 1070. The first kappa shape index (κ1) is 23.3. The van der Waals surface area contributed by atoms with Gasteiger partial charge in [0.15, 0.2) is 0 Å². The fourth-order valence-electron chi connectivity index (χ4n) is 2.52. The monoisotopic (exact) mass is 447 g/mol. The molecular formula is C19H18ClN5O6. The third-order valence-corrected chi connectivity index (χ3v) is 4.29. The van der Waals surface area contributed by atoms with Crippen molar-refractivity contribution in [1.82, 2.24) is 10.9 Å². The van der Waals surface area contributed by atoms with E-state index in [0.29, 0.717) is 10.7 Å². The first-order valence-corrected chi connectivity index (χ1v) is 9.15. The number of carbonyl (C=O) groups is 2. The van der Waals surface area contributed by atoms with Crippen molar-refractivity contribution in [3.8, 4) is 0 Å². The molecule has 0 fully saturated rings. The van der Waals surface area contributed by atoms with Crippen LogP contribution in [0.15, 0.2) is 48.7 Å². The zero-order chi connectivity index (χ0) is 23.1. The number of nitro benzene ring substituents is 2. The molecule has 0 aliphatic heterocycles. The number of nitrogens with zero attached hydrogens (tertiary/aromatic N) is 2. The molecule has 0 bridgehead atoms. The number of nitrogens with one attached hydrogen (secondary N) is 3. The second kappa shape index (κ2) is 10.2. The van der Waals surface area contributed by atoms with Gasteiger partial charge in [-0.15, -0.1) is 0 Å². The Balaban J connectivity index is 1.90. The number of anilines is 1.